The molecule has 1 rings (SSSR count). The maximum Gasteiger partial charge on any atom is 0.338 e. The van der Waals surface area contributed by atoms with Crippen molar-refractivity contribution in [3.63, 3.8) is 0 Å². The minimum Gasteiger partial charge on any atom is -0.449 e. The van der Waals surface area contributed by atoms with Gasteiger partial charge in [-0.05, 0) is 31.2 Å². The van der Waals surface area contributed by atoms with Crippen LogP contribution in [-0.2, 0) is 24.4 Å². The van der Waals surface area contributed by atoms with Gasteiger partial charge in [-0.25, -0.2) is 13.2 Å². The molecule has 0 aliphatic heterocycles. The monoisotopic (exact) mass is 344 g/mol. The van der Waals surface area contributed by atoms with Gasteiger partial charge < -0.3 is 9.64 Å². The van der Waals surface area contributed by atoms with Gasteiger partial charge >= 0.3 is 5.97 Å². The van der Waals surface area contributed by atoms with Gasteiger partial charge in [-0.15, -0.1) is 0 Å². The Kier molecular flexibility index (Phi) is 6.25. The van der Waals surface area contributed by atoms with Crippen molar-refractivity contribution in [2.24, 2.45) is 0 Å². The summed E-state index contributed by atoms with van der Waals surface area (Å²) in [6, 6.07) is 5.15. The first-order valence-electron chi connectivity index (χ1n) is 6.66. The van der Waals surface area contributed by atoms with Gasteiger partial charge in [0, 0.05) is 21.1 Å². The third kappa shape index (κ3) is 4.50. The van der Waals surface area contributed by atoms with E-state index < -0.39 is 22.1 Å². The largest absolute Gasteiger partial charge is 0.449 e. The molecule has 0 aromatic heterocycles. The summed E-state index contributed by atoms with van der Waals surface area (Å²) in [5.41, 5.74) is 0.141. The van der Waals surface area contributed by atoms with Crippen molar-refractivity contribution < 1.29 is 27.6 Å². The molecule has 9 heteroatoms. The molecule has 0 N–H and O–H groups in total. The quantitative estimate of drug-likeness (QED) is 0.551. The van der Waals surface area contributed by atoms with Crippen LogP contribution in [0.25, 0.3) is 0 Å². The predicted molar refractivity (Wildman–Crippen MR) is 82.0 cm³/mol. The van der Waals surface area contributed by atoms with Crippen LogP contribution in [-0.4, -0.2) is 64.0 Å². The normalized spacial score (nSPS) is 12.8. The van der Waals surface area contributed by atoms with E-state index in [9.17, 15) is 18.0 Å². The number of nitrogens with zero attached hydrogens (tertiary/aromatic N) is 2. The lowest BCUT2D eigenvalue weighted by atomic mass is 10.2. The highest BCUT2D eigenvalue weighted by Gasteiger charge is 2.23. The molecule has 0 unspecified atom stereocenters. The minimum atomic E-state index is -3.78. The molecule has 1 aromatic carbocycles. The molecule has 0 spiro atoms. The van der Waals surface area contributed by atoms with Crippen molar-refractivity contribution in [3.8, 4) is 0 Å². The topological polar surface area (TPSA) is 93.2 Å². The van der Waals surface area contributed by atoms with Gasteiger partial charge in [0.2, 0.25) is 0 Å². The van der Waals surface area contributed by atoms with Crippen LogP contribution in [0, 0.1) is 0 Å². The first-order chi connectivity index (χ1) is 10.6. The Morgan fingerprint density at radius 2 is 1.61 bits per heavy atom. The van der Waals surface area contributed by atoms with Crippen LogP contribution in [0.1, 0.15) is 17.3 Å². The van der Waals surface area contributed by atoms with Gasteiger partial charge in [0.05, 0.1) is 17.6 Å². The molecule has 0 aliphatic carbocycles. The fourth-order valence-electron chi connectivity index (χ4n) is 1.65. The van der Waals surface area contributed by atoms with E-state index in [-0.39, 0.29) is 16.4 Å². The molecule has 0 saturated heterocycles. The van der Waals surface area contributed by atoms with Gasteiger partial charge in [0.25, 0.3) is 15.9 Å². The van der Waals surface area contributed by atoms with Gasteiger partial charge in [-0.2, -0.15) is 0 Å². The van der Waals surface area contributed by atoms with Crippen LogP contribution in [0.4, 0.5) is 0 Å². The SMILES string of the molecule is CON(C)S(=O)(=O)c1ccc(C(=O)O[C@H](C)C(=O)N(C)C)cc1. The molecule has 0 aliphatic rings. The van der Waals surface area contributed by atoms with Crippen LogP contribution in [0.3, 0.4) is 0 Å². The summed E-state index contributed by atoms with van der Waals surface area (Å²) in [4.78, 5) is 29.6. The van der Waals surface area contributed by atoms with Crippen LogP contribution in [0.2, 0.25) is 0 Å². The number of ether oxygens (including phenoxy) is 1. The summed E-state index contributed by atoms with van der Waals surface area (Å²) >= 11 is 0. The molecule has 0 radical (unpaired) electrons. The molecule has 128 valence electrons. The minimum absolute atomic E-state index is 0.0317. The smallest absolute Gasteiger partial charge is 0.338 e. The molecular formula is C14H20N2O6S. The second-order valence-electron chi connectivity index (χ2n) is 4.90. The van der Waals surface area contributed by atoms with Gasteiger partial charge in [-0.3, -0.25) is 9.63 Å². The fourth-order valence-corrected chi connectivity index (χ4v) is 2.63. The summed E-state index contributed by atoms with van der Waals surface area (Å²) in [5, 5.41) is 0. The third-order valence-corrected chi connectivity index (χ3v) is 4.75. The van der Waals surface area contributed by atoms with E-state index in [2.05, 4.69) is 4.84 Å². The van der Waals surface area contributed by atoms with Crippen LogP contribution >= 0.6 is 0 Å². The predicted octanol–water partition coefficient (Wildman–Crippen LogP) is 0.502. The van der Waals surface area contributed by atoms with Crippen LogP contribution in [0.15, 0.2) is 29.2 Å². The van der Waals surface area contributed by atoms with E-state index in [0.29, 0.717) is 4.47 Å². The Labute approximate surface area is 135 Å². The van der Waals surface area contributed by atoms with Gasteiger partial charge in [0.1, 0.15) is 0 Å². The van der Waals surface area contributed by atoms with Crippen molar-refractivity contribution in [2.45, 2.75) is 17.9 Å². The molecule has 1 atom stereocenters. The zero-order valence-corrected chi connectivity index (χ0v) is 14.5. The number of benzene rings is 1. The number of hydroxylamine groups is 1. The van der Waals surface area contributed by atoms with Crippen LogP contribution < -0.4 is 0 Å². The van der Waals surface area contributed by atoms with E-state index in [1.54, 1.807) is 14.1 Å². The van der Waals surface area contributed by atoms with Crippen molar-refractivity contribution >= 4 is 21.9 Å². The number of amides is 1. The van der Waals surface area contributed by atoms with Gasteiger partial charge in [0.15, 0.2) is 6.10 Å². The molecule has 1 aromatic rings. The van der Waals surface area contributed by atoms with E-state index in [1.807, 2.05) is 0 Å². The lowest BCUT2D eigenvalue weighted by Crippen LogP contribution is -2.34. The first kappa shape index (κ1) is 19.1. The van der Waals surface area contributed by atoms with Crippen molar-refractivity contribution in [2.75, 3.05) is 28.3 Å². The molecule has 23 heavy (non-hydrogen) atoms. The average Bonchev–Trinajstić information content (AvgIpc) is 2.52. The number of rotatable bonds is 6. The molecule has 0 saturated carbocycles. The Morgan fingerprint density at radius 3 is 2.04 bits per heavy atom. The maximum atomic E-state index is 12.0. The molecule has 0 heterocycles. The van der Waals surface area contributed by atoms with Crippen molar-refractivity contribution in [1.29, 1.82) is 0 Å². The second kappa shape index (κ2) is 7.53. The Hall–Kier alpha value is -1.97. The standard InChI is InChI=1S/C14H20N2O6S/c1-10(13(17)15(2)3)22-14(18)11-6-8-12(9-7-11)23(19,20)16(4)21-5/h6-10H,1-5H3/t10-/m1/s1. The lowest BCUT2D eigenvalue weighted by Gasteiger charge is -2.17. The summed E-state index contributed by atoms with van der Waals surface area (Å²) in [6.45, 7) is 1.46. The first-order valence-corrected chi connectivity index (χ1v) is 8.10. The highest BCUT2D eigenvalue weighted by molar-refractivity contribution is 7.89. The Balaban J connectivity index is 2.89. The number of sulfonamides is 1. The Morgan fingerprint density at radius 1 is 1.09 bits per heavy atom. The maximum absolute atomic E-state index is 12.0. The molecular weight excluding hydrogens is 324 g/mol. The number of carbonyl (C=O) groups is 2. The van der Waals surface area contributed by atoms with Crippen molar-refractivity contribution in [3.05, 3.63) is 29.8 Å². The average molecular weight is 344 g/mol. The summed E-state index contributed by atoms with van der Waals surface area (Å²) < 4.78 is 29.8. The molecule has 1 amide bonds. The molecule has 0 fully saturated rings. The number of likely N-dealkylation sites (N-methyl/N-ethyl adjacent to an activating group) is 1. The summed E-state index contributed by atoms with van der Waals surface area (Å²) in [7, 11) is 1.81. The number of esters is 1. The number of hydrogen-bond acceptors (Lipinski definition) is 6. The van der Waals surface area contributed by atoms with Gasteiger partial charge in [-0.1, -0.05) is 4.47 Å². The Bertz CT molecular complexity index is 669. The van der Waals surface area contributed by atoms with Crippen LogP contribution in [0.5, 0.6) is 0 Å². The number of hydrogen-bond donors (Lipinski definition) is 0. The highest BCUT2D eigenvalue weighted by Crippen LogP contribution is 2.16. The van der Waals surface area contributed by atoms with E-state index in [4.69, 9.17) is 4.74 Å². The van der Waals surface area contributed by atoms with E-state index >= 15 is 0 Å². The zero-order chi connectivity index (χ0) is 17.8. The van der Waals surface area contributed by atoms with E-state index in [0.717, 1.165) is 0 Å². The molecule has 8 nitrogen and oxygen atoms in total. The van der Waals surface area contributed by atoms with E-state index in [1.165, 1.54) is 50.2 Å². The highest BCUT2D eigenvalue weighted by atomic mass is 32.2. The zero-order valence-electron chi connectivity index (χ0n) is 13.6. The van der Waals surface area contributed by atoms with Crippen molar-refractivity contribution in [1.82, 2.24) is 9.37 Å². The fraction of sp³-hybridized carbons (Fsp3) is 0.429. The number of carbonyl (C=O) groups excluding carboxylic acids is 2. The molecule has 0 bridgehead atoms. The summed E-state index contributed by atoms with van der Waals surface area (Å²) in [5.74, 6) is -1.06. The summed E-state index contributed by atoms with van der Waals surface area (Å²) in [6.07, 6.45) is -0.930. The third-order valence-electron chi connectivity index (χ3n) is 3.06. The second-order valence-corrected chi connectivity index (χ2v) is 6.84. The lowest BCUT2D eigenvalue weighted by molar-refractivity contribution is -0.137.